The molecule has 1 aliphatic heterocycles. The van der Waals surface area contributed by atoms with Gasteiger partial charge in [0.2, 0.25) is 0 Å². The van der Waals surface area contributed by atoms with E-state index in [1.54, 1.807) is 18.2 Å². The third-order valence-corrected chi connectivity index (χ3v) is 3.09. The molecule has 1 aliphatic rings. The average Bonchev–Trinajstić information content (AvgIpc) is 2.40. The van der Waals surface area contributed by atoms with E-state index in [0.717, 1.165) is 26.2 Å². The molecule has 1 N–H and O–H groups in total. The molecule has 0 atom stereocenters. The number of nitrogens with one attached hydrogen (secondary N) is 1. The van der Waals surface area contributed by atoms with Crippen LogP contribution < -0.4 is 5.43 Å². The molecule has 1 aromatic rings. The van der Waals surface area contributed by atoms with Crippen molar-refractivity contribution in [2.45, 2.75) is 0 Å². The van der Waals surface area contributed by atoms with Crippen molar-refractivity contribution < 1.29 is 9.18 Å². The highest BCUT2D eigenvalue weighted by molar-refractivity contribution is 5.91. The van der Waals surface area contributed by atoms with Gasteiger partial charge < -0.3 is 4.90 Å². The van der Waals surface area contributed by atoms with Crippen LogP contribution in [0.2, 0.25) is 0 Å². The van der Waals surface area contributed by atoms with Crippen molar-refractivity contribution in [3.63, 3.8) is 0 Å². The molecular weight excluding hydrogens is 245 g/mol. The Bertz CT molecular complexity index is 468. The normalized spacial score (nSPS) is 17.8. The van der Waals surface area contributed by atoms with E-state index in [0.29, 0.717) is 5.56 Å². The summed E-state index contributed by atoms with van der Waals surface area (Å²) in [6.07, 6.45) is 2.84. The fraction of sp³-hybridized carbons (Fsp3) is 0.357. The summed E-state index contributed by atoms with van der Waals surface area (Å²) in [4.78, 5) is 13.9. The molecule has 0 spiro atoms. The molecule has 1 amide bonds. The molecule has 0 radical (unpaired) electrons. The fourth-order valence-electron chi connectivity index (χ4n) is 1.89. The highest BCUT2D eigenvalue weighted by Gasteiger charge is 2.14. The second kappa shape index (κ2) is 6.45. The zero-order valence-electron chi connectivity index (χ0n) is 11.0. The molecule has 0 aliphatic carbocycles. The van der Waals surface area contributed by atoms with Crippen molar-refractivity contribution in [3.05, 3.63) is 41.7 Å². The lowest BCUT2D eigenvalue weighted by Crippen LogP contribution is -2.52. The molecule has 1 aromatic carbocycles. The molecular formula is C14H18FN3O. The largest absolute Gasteiger partial charge is 0.304 e. The average molecular weight is 263 g/mol. The summed E-state index contributed by atoms with van der Waals surface area (Å²) in [6, 6.07) is 6.37. The van der Waals surface area contributed by atoms with E-state index in [9.17, 15) is 9.18 Å². The molecule has 0 saturated carbocycles. The van der Waals surface area contributed by atoms with Crippen LogP contribution in [-0.4, -0.2) is 49.0 Å². The molecule has 1 saturated heterocycles. The third kappa shape index (κ3) is 4.15. The SMILES string of the molecule is CN1CCN(NC(=O)/C=C/c2ccccc2F)CC1. The number of hydrogen-bond donors (Lipinski definition) is 1. The van der Waals surface area contributed by atoms with Crippen molar-refractivity contribution >= 4 is 12.0 Å². The first-order chi connectivity index (χ1) is 9.15. The van der Waals surface area contributed by atoms with E-state index >= 15 is 0 Å². The Morgan fingerprint density at radius 2 is 1.95 bits per heavy atom. The van der Waals surface area contributed by atoms with E-state index in [2.05, 4.69) is 17.4 Å². The number of halogens is 1. The number of rotatable bonds is 3. The van der Waals surface area contributed by atoms with Gasteiger partial charge in [0.1, 0.15) is 5.82 Å². The maximum absolute atomic E-state index is 13.3. The van der Waals surface area contributed by atoms with Gasteiger partial charge in [-0.2, -0.15) is 0 Å². The maximum Gasteiger partial charge on any atom is 0.258 e. The van der Waals surface area contributed by atoms with Crippen LogP contribution in [0.3, 0.4) is 0 Å². The van der Waals surface area contributed by atoms with Gasteiger partial charge in [-0.1, -0.05) is 18.2 Å². The Balaban J connectivity index is 1.86. The molecule has 1 fully saturated rings. The van der Waals surface area contributed by atoms with E-state index in [1.807, 2.05) is 5.01 Å². The van der Waals surface area contributed by atoms with Crippen molar-refractivity contribution in [2.75, 3.05) is 33.2 Å². The second-order valence-electron chi connectivity index (χ2n) is 4.62. The Kier molecular flexibility index (Phi) is 4.65. The molecule has 4 nitrogen and oxygen atoms in total. The van der Waals surface area contributed by atoms with Gasteiger partial charge in [-0.05, 0) is 19.2 Å². The summed E-state index contributed by atoms with van der Waals surface area (Å²) in [6.45, 7) is 3.46. The highest BCUT2D eigenvalue weighted by Crippen LogP contribution is 2.07. The van der Waals surface area contributed by atoms with Gasteiger partial charge in [-0.25, -0.2) is 9.40 Å². The zero-order valence-corrected chi connectivity index (χ0v) is 11.0. The fourth-order valence-corrected chi connectivity index (χ4v) is 1.89. The number of nitrogens with zero attached hydrogens (tertiary/aromatic N) is 2. The molecule has 0 unspecified atom stereocenters. The first-order valence-electron chi connectivity index (χ1n) is 6.32. The predicted octanol–water partition coefficient (Wildman–Crippen LogP) is 1.12. The summed E-state index contributed by atoms with van der Waals surface area (Å²) in [5, 5.41) is 1.88. The van der Waals surface area contributed by atoms with Crippen LogP contribution in [0, 0.1) is 5.82 Å². The van der Waals surface area contributed by atoms with Crippen LogP contribution in [0.4, 0.5) is 4.39 Å². The molecule has 0 aromatic heterocycles. The second-order valence-corrected chi connectivity index (χ2v) is 4.62. The van der Waals surface area contributed by atoms with Crippen LogP contribution in [0.1, 0.15) is 5.56 Å². The Morgan fingerprint density at radius 3 is 2.63 bits per heavy atom. The summed E-state index contributed by atoms with van der Waals surface area (Å²) in [5.41, 5.74) is 3.20. The van der Waals surface area contributed by atoms with Crippen LogP contribution in [0.5, 0.6) is 0 Å². The smallest absolute Gasteiger partial charge is 0.258 e. The molecule has 2 rings (SSSR count). The van der Waals surface area contributed by atoms with Crippen LogP contribution >= 0.6 is 0 Å². The standard InChI is InChI=1S/C14H18FN3O/c1-17-8-10-18(11-9-17)16-14(19)7-6-12-4-2-3-5-13(12)15/h2-7H,8-11H2,1H3,(H,16,19)/b7-6+. The number of carbonyl (C=O) groups is 1. The zero-order chi connectivity index (χ0) is 13.7. The van der Waals surface area contributed by atoms with Gasteiger partial charge in [0, 0.05) is 37.8 Å². The number of hydrogen-bond acceptors (Lipinski definition) is 3. The summed E-state index contributed by atoms with van der Waals surface area (Å²) in [7, 11) is 2.05. The number of piperazine rings is 1. The van der Waals surface area contributed by atoms with Crippen LogP contribution in [0.15, 0.2) is 30.3 Å². The van der Waals surface area contributed by atoms with Gasteiger partial charge in [0.25, 0.3) is 5.91 Å². The van der Waals surface area contributed by atoms with E-state index in [1.165, 1.54) is 18.2 Å². The minimum atomic E-state index is -0.328. The van der Waals surface area contributed by atoms with Gasteiger partial charge in [0.05, 0.1) is 0 Å². The number of hydrazine groups is 1. The van der Waals surface area contributed by atoms with Gasteiger partial charge in [-0.15, -0.1) is 0 Å². The number of carbonyl (C=O) groups excluding carboxylic acids is 1. The minimum Gasteiger partial charge on any atom is -0.304 e. The van der Waals surface area contributed by atoms with E-state index in [4.69, 9.17) is 0 Å². The minimum absolute atomic E-state index is 0.229. The van der Waals surface area contributed by atoms with Gasteiger partial charge in [-0.3, -0.25) is 10.2 Å². The summed E-state index contributed by atoms with van der Waals surface area (Å²) >= 11 is 0. The number of likely N-dealkylation sites (N-methyl/N-ethyl adjacent to an activating group) is 1. The lowest BCUT2D eigenvalue weighted by atomic mass is 10.2. The molecule has 5 heteroatoms. The first kappa shape index (κ1) is 13.7. The van der Waals surface area contributed by atoms with E-state index < -0.39 is 0 Å². The Morgan fingerprint density at radius 1 is 1.26 bits per heavy atom. The predicted molar refractivity (Wildman–Crippen MR) is 72.6 cm³/mol. The van der Waals surface area contributed by atoms with Gasteiger partial charge >= 0.3 is 0 Å². The molecule has 1 heterocycles. The maximum atomic E-state index is 13.3. The van der Waals surface area contributed by atoms with Crippen molar-refractivity contribution in [1.82, 2.24) is 15.3 Å². The molecule has 0 bridgehead atoms. The van der Waals surface area contributed by atoms with Crippen molar-refractivity contribution in [1.29, 1.82) is 0 Å². The monoisotopic (exact) mass is 263 g/mol. The Labute approximate surface area is 112 Å². The first-order valence-corrected chi connectivity index (χ1v) is 6.32. The quantitative estimate of drug-likeness (QED) is 0.830. The summed E-state index contributed by atoms with van der Waals surface area (Å²) in [5.74, 6) is -0.557. The van der Waals surface area contributed by atoms with Gasteiger partial charge in [0.15, 0.2) is 0 Å². The van der Waals surface area contributed by atoms with Crippen LogP contribution in [-0.2, 0) is 4.79 Å². The van der Waals surface area contributed by atoms with Crippen molar-refractivity contribution in [2.24, 2.45) is 0 Å². The third-order valence-electron chi connectivity index (χ3n) is 3.09. The topological polar surface area (TPSA) is 35.6 Å². The Hall–Kier alpha value is -1.72. The lowest BCUT2D eigenvalue weighted by Gasteiger charge is -2.31. The lowest BCUT2D eigenvalue weighted by molar-refractivity contribution is -0.121. The molecule has 102 valence electrons. The van der Waals surface area contributed by atoms with Crippen molar-refractivity contribution in [3.8, 4) is 0 Å². The summed E-state index contributed by atoms with van der Waals surface area (Å²) < 4.78 is 13.3. The molecule has 19 heavy (non-hydrogen) atoms. The highest BCUT2D eigenvalue weighted by atomic mass is 19.1. The van der Waals surface area contributed by atoms with Crippen LogP contribution in [0.25, 0.3) is 6.08 Å². The number of amides is 1. The number of benzene rings is 1. The van der Waals surface area contributed by atoms with E-state index in [-0.39, 0.29) is 11.7 Å².